The molecule has 2 rings (SSSR count). The van der Waals surface area contributed by atoms with Gasteiger partial charge in [-0.25, -0.2) is 12.8 Å². The Bertz CT molecular complexity index is 732. The molecule has 0 fully saturated rings. The third-order valence-electron chi connectivity index (χ3n) is 2.65. The molecule has 1 heterocycles. The zero-order chi connectivity index (χ0) is 15.5. The monoisotopic (exact) mass is 348 g/mol. The molecule has 0 unspecified atom stereocenters. The minimum atomic E-state index is -3.72. The summed E-state index contributed by atoms with van der Waals surface area (Å²) in [7, 11) is -3.72. The molecular weight excluding hydrogens is 335 g/mol. The number of thiophene rings is 1. The van der Waals surface area contributed by atoms with Crippen LogP contribution in [-0.2, 0) is 16.6 Å². The number of nitrogens with one attached hydrogen (secondary N) is 2. The second-order valence-electron chi connectivity index (χ2n) is 4.28. The van der Waals surface area contributed by atoms with Crippen LogP contribution in [0.1, 0.15) is 12.5 Å². The maximum atomic E-state index is 13.0. The first-order valence-electron chi connectivity index (χ1n) is 6.18. The molecule has 2 aromatic rings. The van der Waals surface area contributed by atoms with Gasteiger partial charge in [0.15, 0.2) is 0 Å². The number of hydrogen-bond donors (Lipinski definition) is 2. The molecule has 0 spiro atoms. The lowest BCUT2D eigenvalue weighted by Crippen LogP contribution is -2.13. The average molecular weight is 349 g/mol. The fraction of sp³-hybridized carbons (Fsp3) is 0.231. The first-order chi connectivity index (χ1) is 9.92. The van der Waals surface area contributed by atoms with Gasteiger partial charge in [-0.3, -0.25) is 4.72 Å². The van der Waals surface area contributed by atoms with E-state index >= 15 is 0 Å². The summed E-state index contributed by atoms with van der Waals surface area (Å²) in [6.07, 6.45) is 0. The summed E-state index contributed by atoms with van der Waals surface area (Å²) in [4.78, 5) is 0. The molecule has 0 aliphatic heterocycles. The Kier molecular flexibility index (Phi) is 5.21. The molecule has 0 saturated heterocycles. The molecule has 21 heavy (non-hydrogen) atoms. The molecule has 0 aliphatic rings. The zero-order valence-corrected chi connectivity index (χ0v) is 13.6. The fourth-order valence-electron chi connectivity index (χ4n) is 1.62. The number of benzene rings is 1. The standard InChI is InChI=1S/C13H14ClFN2O2S2/c1-2-16-7-9-5-13(20-8-9)21(18,19)17-12-4-3-10(15)6-11(12)14/h3-6,8,16-17H,2,7H2,1H3. The molecule has 4 nitrogen and oxygen atoms in total. The third kappa shape index (κ3) is 4.16. The van der Waals surface area contributed by atoms with E-state index in [1.165, 1.54) is 6.07 Å². The SMILES string of the molecule is CCNCc1csc(S(=O)(=O)Nc2ccc(F)cc2Cl)c1. The number of halogens is 2. The van der Waals surface area contributed by atoms with Crippen molar-refractivity contribution in [1.29, 1.82) is 0 Å². The maximum absolute atomic E-state index is 13.0. The van der Waals surface area contributed by atoms with Gasteiger partial charge in [-0.15, -0.1) is 11.3 Å². The molecule has 0 bridgehead atoms. The molecule has 8 heteroatoms. The number of hydrogen-bond acceptors (Lipinski definition) is 4. The third-order valence-corrected chi connectivity index (χ3v) is 5.82. The fourth-order valence-corrected chi connectivity index (χ4v) is 4.18. The Balaban J connectivity index is 2.19. The molecule has 0 aliphatic carbocycles. The lowest BCUT2D eigenvalue weighted by molar-refractivity contribution is 0.602. The van der Waals surface area contributed by atoms with E-state index in [-0.39, 0.29) is 14.9 Å². The largest absolute Gasteiger partial charge is 0.313 e. The van der Waals surface area contributed by atoms with Gasteiger partial charge in [0.05, 0.1) is 10.7 Å². The minimum Gasteiger partial charge on any atom is -0.313 e. The number of sulfonamides is 1. The van der Waals surface area contributed by atoms with Crippen molar-refractivity contribution in [3.63, 3.8) is 0 Å². The summed E-state index contributed by atoms with van der Waals surface area (Å²) < 4.78 is 40.0. The highest BCUT2D eigenvalue weighted by atomic mass is 35.5. The summed E-state index contributed by atoms with van der Waals surface area (Å²) in [5.41, 5.74) is 1.05. The van der Waals surface area contributed by atoms with Crippen molar-refractivity contribution >= 4 is 38.6 Å². The van der Waals surface area contributed by atoms with Crippen molar-refractivity contribution in [1.82, 2.24) is 5.32 Å². The van der Waals surface area contributed by atoms with E-state index in [0.29, 0.717) is 6.54 Å². The van der Waals surface area contributed by atoms with Crippen LogP contribution in [0.3, 0.4) is 0 Å². The van der Waals surface area contributed by atoms with Gasteiger partial charge >= 0.3 is 0 Å². The average Bonchev–Trinajstić information content (AvgIpc) is 2.89. The van der Waals surface area contributed by atoms with Crippen molar-refractivity contribution in [2.24, 2.45) is 0 Å². The van der Waals surface area contributed by atoms with E-state index in [1.54, 1.807) is 11.4 Å². The van der Waals surface area contributed by atoms with Crippen LogP contribution in [0.25, 0.3) is 0 Å². The summed E-state index contributed by atoms with van der Waals surface area (Å²) in [6, 6.07) is 5.11. The van der Waals surface area contributed by atoms with Crippen molar-refractivity contribution in [2.45, 2.75) is 17.7 Å². The Morgan fingerprint density at radius 3 is 2.76 bits per heavy atom. The first-order valence-corrected chi connectivity index (χ1v) is 8.92. The molecule has 1 aromatic heterocycles. The highest BCUT2D eigenvalue weighted by molar-refractivity contribution is 7.94. The second-order valence-corrected chi connectivity index (χ2v) is 7.51. The molecule has 2 N–H and O–H groups in total. The lowest BCUT2D eigenvalue weighted by Gasteiger charge is -2.07. The van der Waals surface area contributed by atoms with E-state index in [1.807, 2.05) is 6.92 Å². The summed E-state index contributed by atoms with van der Waals surface area (Å²) in [5.74, 6) is -0.521. The van der Waals surface area contributed by atoms with Gasteiger partial charge in [0, 0.05) is 6.54 Å². The van der Waals surface area contributed by atoms with Crippen molar-refractivity contribution < 1.29 is 12.8 Å². The second kappa shape index (κ2) is 6.74. The van der Waals surface area contributed by atoms with E-state index in [0.717, 1.165) is 35.6 Å². The van der Waals surface area contributed by atoms with Crippen LogP contribution in [0.4, 0.5) is 10.1 Å². The summed E-state index contributed by atoms with van der Waals surface area (Å²) in [5, 5.41) is 4.92. The van der Waals surface area contributed by atoms with Crippen LogP contribution in [-0.4, -0.2) is 15.0 Å². The maximum Gasteiger partial charge on any atom is 0.271 e. The Morgan fingerprint density at radius 1 is 1.33 bits per heavy atom. The number of anilines is 1. The van der Waals surface area contributed by atoms with Gasteiger partial charge in [0.25, 0.3) is 10.0 Å². The van der Waals surface area contributed by atoms with Gasteiger partial charge in [0.1, 0.15) is 10.0 Å². The Morgan fingerprint density at radius 2 is 2.10 bits per heavy atom. The molecule has 0 amide bonds. The Labute approximate surface area is 132 Å². The van der Waals surface area contributed by atoms with Gasteiger partial charge in [0.2, 0.25) is 0 Å². The predicted molar refractivity (Wildman–Crippen MR) is 83.9 cm³/mol. The molecule has 114 valence electrons. The van der Waals surface area contributed by atoms with Crippen molar-refractivity contribution in [3.8, 4) is 0 Å². The van der Waals surface area contributed by atoms with Gasteiger partial charge in [-0.2, -0.15) is 0 Å². The van der Waals surface area contributed by atoms with Crippen LogP contribution < -0.4 is 10.0 Å². The van der Waals surface area contributed by atoms with Crippen molar-refractivity contribution in [3.05, 3.63) is 46.0 Å². The molecule has 0 radical (unpaired) electrons. The Hall–Kier alpha value is -1.15. The van der Waals surface area contributed by atoms with Gasteiger partial charge in [-0.1, -0.05) is 18.5 Å². The number of rotatable bonds is 6. The summed E-state index contributed by atoms with van der Waals surface area (Å²) >= 11 is 6.95. The highest BCUT2D eigenvalue weighted by Gasteiger charge is 2.18. The lowest BCUT2D eigenvalue weighted by atomic mass is 10.3. The van der Waals surface area contributed by atoms with Crippen LogP contribution in [0.5, 0.6) is 0 Å². The highest BCUT2D eigenvalue weighted by Crippen LogP contribution is 2.27. The van der Waals surface area contributed by atoms with Crippen LogP contribution in [0, 0.1) is 5.82 Å². The van der Waals surface area contributed by atoms with Crippen LogP contribution in [0.2, 0.25) is 5.02 Å². The van der Waals surface area contributed by atoms with Gasteiger partial charge < -0.3 is 5.32 Å². The molecule has 0 atom stereocenters. The van der Waals surface area contributed by atoms with Crippen LogP contribution in [0.15, 0.2) is 33.9 Å². The predicted octanol–water partition coefficient (Wildman–Crippen LogP) is 3.45. The molecular formula is C13H14ClFN2O2S2. The minimum absolute atomic E-state index is 0.0167. The first kappa shape index (κ1) is 16.2. The quantitative estimate of drug-likeness (QED) is 0.840. The molecule has 1 aromatic carbocycles. The summed E-state index contributed by atoms with van der Waals surface area (Å²) in [6.45, 7) is 3.39. The van der Waals surface area contributed by atoms with Crippen molar-refractivity contribution in [2.75, 3.05) is 11.3 Å². The normalized spacial score (nSPS) is 11.6. The smallest absolute Gasteiger partial charge is 0.271 e. The zero-order valence-electron chi connectivity index (χ0n) is 11.2. The molecule has 0 saturated carbocycles. The van der Waals surface area contributed by atoms with E-state index < -0.39 is 15.8 Å². The van der Waals surface area contributed by atoms with E-state index in [4.69, 9.17) is 11.6 Å². The topological polar surface area (TPSA) is 58.2 Å². The van der Waals surface area contributed by atoms with Gasteiger partial charge in [-0.05, 0) is 41.8 Å². The van der Waals surface area contributed by atoms with Crippen LogP contribution >= 0.6 is 22.9 Å². The van der Waals surface area contributed by atoms with E-state index in [2.05, 4.69) is 10.0 Å². The van der Waals surface area contributed by atoms with E-state index in [9.17, 15) is 12.8 Å².